The minimum Gasteiger partial charge on any atom is -0.494 e. The number of piperidine rings is 1. The summed E-state index contributed by atoms with van der Waals surface area (Å²) < 4.78 is 1.94. The molecule has 4 heterocycles. The molecule has 0 saturated carbocycles. The van der Waals surface area contributed by atoms with Gasteiger partial charge < -0.3 is 30.0 Å². The van der Waals surface area contributed by atoms with E-state index < -0.39 is 6.10 Å². The number of nitrogens with zero attached hydrogens (tertiary/aromatic N) is 4. The van der Waals surface area contributed by atoms with Crippen LogP contribution in [0, 0.1) is 0 Å². The highest BCUT2D eigenvalue weighted by molar-refractivity contribution is 6.07. The molecule has 1 atom stereocenters. The number of fused-ring (bicyclic) bond motifs is 2. The molecule has 0 bridgehead atoms. The van der Waals surface area contributed by atoms with Gasteiger partial charge in [-0.05, 0) is 58.1 Å². The van der Waals surface area contributed by atoms with Gasteiger partial charge in [0.1, 0.15) is 5.56 Å². The van der Waals surface area contributed by atoms with Gasteiger partial charge in [-0.1, -0.05) is 6.58 Å². The quantitative estimate of drug-likeness (QED) is 0.468. The van der Waals surface area contributed by atoms with Crippen LogP contribution in [-0.2, 0) is 0 Å². The Balaban J connectivity index is 1.57. The molecule has 0 radical (unpaired) electrons. The number of pyridine rings is 1. The van der Waals surface area contributed by atoms with Crippen LogP contribution in [0.15, 0.2) is 39.2 Å². The summed E-state index contributed by atoms with van der Waals surface area (Å²) in [6.07, 6.45) is 2.89. The number of aliphatic hydroxyl groups excluding tert-OH is 1. The highest BCUT2D eigenvalue weighted by Gasteiger charge is 2.25. The lowest BCUT2D eigenvalue weighted by Crippen LogP contribution is -2.34. The van der Waals surface area contributed by atoms with Gasteiger partial charge in [-0.3, -0.25) is 4.79 Å². The van der Waals surface area contributed by atoms with Crippen molar-refractivity contribution in [3.05, 3.63) is 51.0 Å². The minimum atomic E-state index is -0.572. The van der Waals surface area contributed by atoms with E-state index in [1.807, 2.05) is 16.7 Å². The number of anilines is 1. The second-order valence-corrected chi connectivity index (χ2v) is 8.93. The lowest BCUT2D eigenvalue weighted by atomic mass is 10.1. The predicted molar refractivity (Wildman–Crippen MR) is 129 cm³/mol. The first-order valence-corrected chi connectivity index (χ1v) is 11.2. The number of aromatic nitrogens is 2. The summed E-state index contributed by atoms with van der Waals surface area (Å²) in [5.74, 6) is 0.494. The number of hydrogen-bond donors (Lipinski definition) is 4. The van der Waals surface area contributed by atoms with Gasteiger partial charge in [0.15, 0.2) is 11.7 Å². The second kappa shape index (κ2) is 8.17. The van der Waals surface area contributed by atoms with Crippen LogP contribution in [0.25, 0.3) is 17.4 Å². The molecule has 2 aliphatic rings. The van der Waals surface area contributed by atoms with E-state index in [9.17, 15) is 15.0 Å². The van der Waals surface area contributed by atoms with Crippen molar-refractivity contribution in [2.45, 2.75) is 31.9 Å². The topological polar surface area (TPSA) is 118 Å². The molecule has 2 aromatic heterocycles. The zero-order chi connectivity index (χ0) is 23.3. The fraction of sp³-hybridized carbons (Fsp3) is 0.375. The van der Waals surface area contributed by atoms with Crippen molar-refractivity contribution in [1.82, 2.24) is 14.5 Å². The first-order valence-electron chi connectivity index (χ1n) is 11.2. The van der Waals surface area contributed by atoms with Crippen LogP contribution < -0.4 is 21.6 Å². The lowest BCUT2D eigenvalue weighted by molar-refractivity contribution is 0.208. The van der Waals surface area contributed by atoms with Crippen LogP contribution in [0.5, 0.6) is 5.88 Å². The summed E-state index contributed by atoms with van der Waals surface area (Å²) in [7, 11) is 2.11. The summed E-state index contributed by atoms with van der Waals surface area (Å²) in [5, 5.41) is 26.7. The van der Waals surface area contributed by atoms with Gasteiger partial charge in [0.2, 0.25) is 0 Å². The molecule has 172 valence electrons. The lowest BCUT2D eigenvalue weighted by Gasteiger charge is -2.30. The van der Waals surface area contributed by atoms with Crippen LogP contribution >= 0.6 is 0 Å². The maximum atomic E-state index is 12.6. The van der Waals surface area contributed by atoms with Crippen LogP contribution in [0.3, 0.4) is 0 Å². The minimum absolute atomic E-state index is 0.202. The molecule has 1 aromatic carbocycles. The highest BCUT2D eigenvalue weighted by Crippen LogP contribution is 2.32. The number of benzene rings is 1. The SMILES string of the molecule is C=c1c2cc3c(cc2c(O)n1C1CCN(C)CC1)N=C(c1c(NC[C@H](C)O)cc[nH]c1=O)N=3. The molecular weight excluding hydrogens is 420 g/mol. The van der Waals surface area contributed by atoms with Gasteiger partial charge in [-0.15, -0.1) is 0 Å². The largest absolute Gasteiger partial charge is 0.494 e. The first kappa shape index (κ1) is 21.4. The number of aromatic hydroxyl groups is 1. The third kappa shape index (κ3) is 3.73. The van der Waals surface area contributed by atoms with E-state index >= 15 is 0 Å². The van der Waals surface area contributed by atoms with Crippen LogP contribution in [0.1, 0.15) is 31.4 Å². The molecule has 0 aliphatic carbocycles. The van der Waals surface area contributed by atoms with Crippen molar-refractivity contribution in [1.29, 1.82) is 0 Å². The monoisotopic (exact) mass is 448 g/mol. The van der Waals surface area contributed by atoms with Gasteiger partial charge in [-0.25, -0.2) is 9.98 Å². The fourth-order valence-corrected chi connectivity index (χ4v) is 4.68. The number of aromatic amines is 1. The van der Waals surface area contributed by atoms with E-state index in [1.165, 1.54) is 0 Å². The number of hydrogen-bond acceptors (Lipinski definition) is 7. The average Bonchev–Trinajstić information content (AvgIpc) is 3.30. The third-order valence-electron chi connectivity index (χ3n) is 6.46. The molecule has 5 rings (SSSR count). The third-order valence-corrected chi connectivity index (χ3v) is 6.46. The van der Waals surface area contributed by atoms with Crippen LogP contribution in [-0.4, -0.2) is 63.3 Å². The maximum Gasteiger partial charge on any atom is 0.261 e. The Labute approximate surface area is 190 Å². The fourth-order valence-electron chi connectivity index (χ4n) is 4.68. The molecular formula is C24H28N6O3. The molecule has 1 fully saturated rings. The average molecular weight is 449 g/mol. The molecule has 33 heavy (non-hydrogen) atoms. The van der Waals surface area contributed by atoms with Crippen molar-refractivity contribution in [2.75, 3.05) is 32.0 Å². The van der Waals surface area contributed by atoms with E-state index in [4.69, 9.17) is 0 Å². The molecule has 0 amide bonds. The zero-order valence-electron chi connectivity index (χ0n) is 18.8. The number of rotatable bonds is 5. The predicted octanol–water partition coefficient (Wildman–Crippen LogP) is 1.22. The second-order valence-electron chi connectivity index (χ2n) is 8.93. The molecule has 3 aromatic rings. The molecule has 0 spiro atoms. The molecule has 9 nitrogen and oxygen atoms in total. The van der Waals surface area contributed by atoms with Gasteiger partial charge in [0.05, 0.1) is 22.8 Å². The summed E-state index contributed by atoms with van der Waals surface area (Å²) >= 11 is 0. The maximum absolute atomic E-state index is 12.6. The van der Waals surface area contributed by atoms with Gasteiger partial charge in [0.25, 0.3) is 5.56 Å². The van der Waals surface area contributed by atoms with E-state index in [1.54, 1.807) is 19.2 Å². The smallest absolute Gasteiger partial charge is 0.261 e. The Morgan fingerprint density at radius 3 is 2.76 bits per heavy atom. The van der Waals surface area contributed by atoms with Crippen molar-refractivity contribution in [3.63, 3.8) is 0 Å². The number of nitrogens with one attached hydrogen (secondary N) is 2. The van der Waals surface area contributed by atoms with Crippen LogP contribution in [0.4, 0.5) is 11.4 Å². The Bertz CT molecular complexity index is 1430. The normalized spacial score (nSPS) is 17.6. The van der Waals surface area contributed by atoms with Crippen molar-refractivity contribution in [2.24, 2.45) is 9.98 Å². The molecule has 0 unspecified atom stereocenters. The van der Waals surface area contributed by atoms with Crippen molar-refractivity contribution >= 4 is 34.6 Å². The van der Waals surface area contributed by atoms with Crippen LogP contribution in [0.2, 0.25) is 0 Å². The van der Waals surface area contributed by atoms with E-state index in [0.717, 1.165) is 36.7 Å². The molecule has 1 saturated heterocycles. The van der Waals surface area contributed by atoms with E-state index in [-0.39, 0.29) is 17.5 Å². The summed E-state index contributed by atoms with van der Waals surface area (Å²) in [4.78, 5) is 26.8. The zero-order valence-corrected chi connectivity index (χ0v) is 18.8. The van der Waals surface area contributed by atoms with E-state index in [0.29, 0.717) is 40.1 Å². The summed E-state index contributed by atoms with van der Waals surface area (Å²) in [6.45, 7) is 8.18. The summed E-state index contributed by atoms with van der Waals surface area (Å²) in [5.41, 5.74) is 1.14. The number of aliphatic imine (C=N–C) groups is 1. The number of likely N-dealkylation sites (tertiary alicyclic amines) is 1. The molecule has 9 heteroatoms. The first-order chi connectivity index (χ1) is 15.8. The van der Waals surface area contributed by atoms with E-state index in [2.05, 4.69) is 38.8 Å². The van der Waals surface area contributed by atoms with Gasteiger partial charge in [0, 0.05) is 34.9 Å². The van der Waals surface area contributed by atoms with Crippen molar-refractivity contribution < 1.29 is 10.2 Å². The highest BCUT2D eigenvalue weighted by atomic mass is 16.3. The summed E-state index contributed by atoms with van der Waals surface area (Å²) in [6, 6.07) is 5.63. The standard InChI is InChI=1S/C24H28N6O3/c1-13(31)12-26-18-4-7-25-23(32)21(18)22-27-19-10-16-14(2)30(15-5-8-29(3)9-6-15)24(33)17(16)11-20(19)28-22/h4,7,10-11,13,15,31,33H,2,5-6,8-9,12H2,1,3H3,(H2,25,26,32)/t13-/m0/s1. The Kier molecular flexibility index (Phi) is 5.30. The number of amidine groups is 1. The Morgan fingerprint density at radius 1 is 1.27 bits per heavy atom. The molecule has 2 aliphatic heterocycles. The molecule has 4 N–H and O–H groups in total. The number of aliphatic hydroxyl groups is 1. The van der Waals surface area contributed by atoms with Gasteiger partial charge in [-0.2, -0.15) is 0 Å². The van der Waals surface area contributed by atoms with Gasteiger partial charge >= 0.3 is 0 Å². The number of H-pyrrole nitrogens is 1. The Morgan fingerprint density at radius 2 is 2.03 bits per heavy atom. The Hall–Kier alpha value is -3.43. The van der Waals surface area contributed by atoms with Crippen molar-refractivity contribution in [3.8, 4) is 5.88 Å².